The molecule has 1 aromatic heterocycles. The highest BCUT2D eigenvalue weighted by molar-refractivity contribution is 5.58. The maximum Gasteiger partial charge on any atom is 0.152 e. The number of hydrogen-bond donors (Lipinski definition) is 2. The highest BCUT2D eigenvalue weighted by Gasteiger charge is 1.98. The van der Waals surface area contributed by atoms with Crippen LogP contribution in [0.4, 0.5) is 11.5 Å². The zero-order chi connectivity index (χ0) is 11.2. The van der Waals surface area contributed by atoms with Crippen LogP contribution >= 0.6 is 0 Å². The highest BCUT2D eigenvalue weighted by Crippen LogP contribution is 2.11. The van der Waals surface area contributed by atoms with Crippen LogP contribution in [0.25, 0.3) is 0 Å². The first-order chi connectivity index (χ1) is 7.86. The second-order valence-electron chi connectivity index (χ2n) is 3.49. The van der Waals surface area contributed by atoms with Crippen molar-refractivity contribution in [3.8, 4) is 0 Å². The summed E-state index contributed by atoms with van der Waals surface area (Å²) in [5.41, 5.74) is 7.59. The Morgan fingerprint density at radius 2 is 2.00 bits per heavy atom. The maximum absolute atomic E-state index is 5.71. The minimum absolute atomic E-state index is 0.579. The minimum Gasteiger partial charge on any atom is -0.394 e. The fourth-order valence-corrected chi connectivity index (χ4v) is 1.46. The third-order valence-electron chi connectivity index (χ3n) is 2.29. The van der Waals surface area contributed by atoms with Crippen molar-refractivity contribution >= 4 is 11.5 Å². The molecule has 0 aliphatic rings. The lowest BCUT2D eigenvalue weighted by Crippen LogP contribution is -2.08. The largest absolute Gasteiger partial charge is 0.394 e. The summed E-state index contributed by atoms with van der Waals surface area (Å²) >= 11 is 0. The monoisotopic (exact) mass is 214 g/mol. The van der Waals surface area contributed by atoms with E-state index in [1.54, 1.807) is 6.20 Å². The van der Waals surface area contributed by atoms with Gasteiger partial charge in [0, 0.05) is 6.54 Å². The lowest BCUT2D eigenvalue weighted by atomic mass is 10.1. The predicted molar refractivity (Wildman–Crippen MR) is 65.1 cm³/mol. The number of hydrogen-bond acceptors (Lipinski definition) is 4. The number of aromatic nitrogens is 2. The molecule has 0 unspecified atom stereocenters. The van der Waals surface area contributed by atoms with Crippen molar-refractivity contribution in [2.24, 2.45) is 0 Å². The van der Waals surface area contributed by atoms with Crippen molar-refractivity contribution in [3.05, 3.63) is 48.4 Å². The summed E-state index contributed by atoms with van der Waals surface area (Å²) in [5, 5.41) is 3.19. The Labute approximate surface area is 94.5 Å². The molecule has 16 heavy (non-hydrogen) atoms. The summed E-state index contributed by atoms with van der Waals surface area (Å²) in [4.78, 5) is 7.90. The Morgan fingerprint density at radius 3 is 2.75 bits per heavy atom. The lowest BCUT2D eigenvalue weighted by molar-refractivity contribution is 1.00. The van der Waals surface area contributed by atoms with Gasteiger partial charge in [0.1, 0.15) is 6.33 Å². The Hall–Kier alpha value is -2.10. The molecule has 2 aromatic rings. The first kappa shape index (κ1) is 10.4. The van der Waals surface area contributed by atoms with Crippen LogP contribution in [0.3, 0.4) is 0 Å². The molecule has 4 nitrogen and oxygen atoms in total. The molecule has 0 spiro atoms. The van der Waals surface area contributed by atoms with E-state index in [9.17, 15) is 0 Å². The quantitative estimate of drug-likeness (QED) is 0.813. The molecular formula is C12H14N4. The van der Waals surface area contributed by atoms with Crippen LogP contribution in [0.2, 0.25) is 0 Å². The lowest BCUT2D eigenvalue weighted by Gasteiger charge is -2.06. The average Bonchev–Trinajstić information content (AvgIpc) is 2.33. The zero-order valence-electron chi connectivity index (χ0n) is 8.93. The summed E-state index contributed by atoms with van der Waals surface area (Å²) in [6.07, 6.45) is 4.03. The number of nitrogen functional groups attached to an aromatic ring is 1. The van der Waals surface area contributed by atoms with E-state index in [1.165, 1.54) is 11.9 Å². The summed E-state index contributed by atoms with van der Waals surface area (Å²) in [5.74, 6) is 0.700. The van der Waals surface area contributed by atoms with Crippen molar-refractivity contribution in [2.75, 3.05) is 17.6 Å². The van der Waals surface area contributed by atoms with Gasteiger partial charge in [0.05, 0.1) is 11.9 Å². The number of rotatable bonds is 4. The van der Waals surface area contributed by atoms with E-state index in [0.29, 0.717) is 11.5 Å². The molecule has 0 bridgehead atoms. The molecule has 0 saturated carbocycles. The molecule has 82 valence electrons. The van der Waals surface area contributed by atoms with Crippen molar-refractivity contribution in [1.29, 1.82) is 0 Å². The molecule has 3 N–H and O–H groups in total. The van der Waals surface area contributed by atoms with Crippen LogP contribution in [0, 0.1) is 0 Å². The maximum atomic E-state index is 5.71. The van der Waals surface area contributed by atoms with Crippen LogP contribution in [-0.2, 0) is 6.42 Å². The molecule has 1 heterocycles. The number of anilines is 2. The smallest absolute Gasteiger partial charge is 0.152 e. The Bertz CT molecular complexity index is 442. The SMILES string of the molecule is Nc1cncnc1NCCc1ccccc1. The van der Waals surface area contributed by atoms with E-state index in [0.717, 1.165) is 13.0 Å². The molecule has 0 atom stereocenters. The fourth-order valence-electron chi connectivity index (χ4n) is 1.46. The molecule has 0 fully saturated rings. The normalized spacial score (nSPS) is 10.0. The van der Waals surface area contributed by atoms with Crippen LogP contribution < -0.4 is 11.1 Å². The predicted octanol–water partition coefficient (Wildman–Crippen LogP) is 1.71. The van der Waals surface area contributed by atoms with E-state index in [4.69, 9.17) is 5.73 Å². The summed E-state index contributed by atoms with van der Waals surface area (Å²) in [7, 11) is 0. The van der Waals surface area contributed by atoms with Gasteiger partial charge in [-0.2, -0.15) is 0 Å². The topological polar surface area (TPSA) is 63.8 Å². The summed E-state index contributed by atoms with van der Waals surface area (Å²) < 4.78 is 0. The number of nitrogens with two attached hydrogens (primary N) is 1. The second kappa shape index (κ2) is 5.11. The van der Waals surface area contributed by atoms with Crippen molar-refractivity contribution in [2.45, 2.75) is 6.42 Å². The van der Waals surface area contributed by atoms with Crippen LogP contribution in [0.1, 0.15) is 5.56 Å². The van der Waals surface area contributed by atoms with Gasteiger partial charge in [-0.1, -0.05) is 30.3 Å². The van der Waals surface area contributed by atoms with Gasteiger partial charge in [-0.3, -0.25) is 0 Å². The standard InChI is InChI=1S/C12H14N4/c13-11-8-14-9-16-12(11)15-7-6-10-4-2-1-3-5-10/h1-5,8-9H,6-7,13H2,(H,14,15,16). The molecule has 0 saturated heterocycles. The van der Waals surface area contributed by atoms with E-state index < -0.39 is 0 Å². The van der Waals surface area contributed by atoms with Crippen molar-refractivity contribution in [1.82, 2.24) is 9.97 Å². The Balaban J connectivity index is 1.87. The number of benzene rings is 1. The third kappa shape index (κ3) is 2.70. The molecule has 1 aromatic carbocycles. The summed E-state index contributed by atoms with van der Waals surface area (Å²) in [6, 6.07) is 10.3. The average molecular weight is 214 g/mol. The molecule has 2 rings (SSSR count). The molecular weight excluding hydrogens is 200 g/mol. The van der Waals surface area contributed by atoms with Crippen molar-refractivity contribution < 1.29 is 0 Å². The van der Waals surface area contributed by atoms with Crippen LogP contribution in [0.15, 0.2) is 42.9 Å². The van der Waals surface area contributed by atoms with Gasteiger partial charge in [0.2, 0.25) is 0 Å². The van der Waals surface area contributed by atoms with Gasteiger partial charge < -0.3 is 11.1 Å². The number of nitrogens with one attached hydrogen (secondary N) is 1. The summed E-state index contributed by atoms with van der Waals surface area (Å²) in [6.45, 7) is 0.811. The third-order valence-corrected chi connectivity index (χ3v) is 2.29. The first-order valence-corrected chi connectivity index (χ1v) is 5.19. The van der Waals surface area contributed by atoms with E-state index in [2.05, 4.69) is 27.4 Å². The minimum atomic E-state index is 0.579. The first-order valence-electron chi connectivity index (χ1n) is 5.19. The fraction of sp³-hybridized carbons (Fsp3) is 0.167. The van der Waals surface area contributed by atoms with E-state index in [1.807, 2.05) is 18.2 Å². The Kier molecular flexibility index (Phi) is 3.33. The van der Waals surface area contributed by atoms with Gasteiger partial charge in [-0.15, -0.1) is 0 Å². The second-order valence-corrected chi connectivity index (χ2v) is 3.49. The van der Waals surface area contributed by atoms with Crippen molar-refractivity contribution in [3.63, 3.8) is 0 Å². The van der Waals surface area contributed by atoms with Crippen LogP contribution in [-0.4, -0.2) is 16.5 Å². The van der Waals surface area contributed by atoms with Crippen LogP contribution in [0.5, 0.6) is 0 Å². The molecule has 0 amide bonds. The van der Waals surface area contributed by atoms with Gasteiger partial charge in [0.15, 0.2) is 5.82 Å². The van der Waals surface area contributed by atoms with E-state index >= 15 is 0 Å². The molecule has 0 aliphatic heterocycles. The zero-order valence-corrected chi connectivity index (χ0v) is 8.93. The van der Waals surface area contributed by atoms with Gasteiger partial charge in [-0.25, -0.2) is 9.97 Å². The highest BCUT2D eigenvalue weighted by atomic mass is 15.0. The van der Waals surface area contributed by atoms with Gasteiger partial charge >= 0.3 is 0 Å². The number of nitrogens with zero attached hydrogens (tertiary/aromatic N) is 2. The molecule has 0 aliphatic carbocycles. The Morgan fingerprint density at radius 1 is 1.19 bits per heavy atom. The van der Waals surface area contributed by atoms with Gasteiger partial charge in [-0.05, 0) is 12.0 Å². The molecule has 0 radical (unpaired) electrons. The van der Waals surface area contributed by atoms with Gasteiger partial charge in [0.25, 0.3) is 0 Å². The molecule has 4 heteroatoms. The van der Waals surface area contributed by atoms with E-state index in [-0.39, 0.29) is 0 Å².